The lowest BCUT2D eigenvalue weighted by atomic mass is 9.89. The van der Waals surface area contributed by atoms with Crippen molar-refractivity contribution in [1.82, 2.24) is 0 Å². The van der Waals surface area contributed by atoms with Crippen LogP contribution in [0.1, 0.15) is 46.5 Å². The number of phosphoric acid groups is 1. The van der Waals surface area contributed by atoms with Gasteiger partial charge in [0.2, 0.25) is 0 Å². The molecule has 0 aromatic carbocycles. The molecule has 1 aliphatic rings. The van der Waals surface area contributed by atoms with Gasteiger partial charge in [-0.05, 0) is 32.6 Å². The van der Waals surface area contributed by atoms with Gasteiger partial charge in [0, 0.05) is 0 Å². The van der Waals surface area contributed by atoms with E-state index in [0.29, 0.717) is 19.1 Å². The molecule has 0 amide bonds. The number of phosphoric ester groups is 1. The average Bonchev–Trinajstić information content (AvgIpc) is 2.17. The van der Waals surface area contributed by atoms with E-state index < -0.39 is 7.82 Å². The molecule has 0 heterocycles. The van der Waals surface area contributed by atoms with E-state index in [1.54, 1.807) is 13.8 Å². The van der Waals surface area contributed by atoms with Crippen LogP contribution >= 0.6 is 7.82 Å². The predicted molar refractivity (Wildman–Crippen MR) is 63.4 cm³/mol. The van der Waals surface area contributed by atoms with Crippen molar-refractivity contribution in [2.45, 2.75) is 52.6 Å². The minimum atomic E-state index is -3.31. The summed E-state index contributed by atoms with van der Waals surface area (Å²) < 4.78 is 27.9. The van der Waals surface area contributed by atoms with Crippen LogP contribution in [-0.4, -0.2) is 19.3 Å². The van der Waals surface area contributed by atoms with Gasteiger partial charge in [-0.25, -0.2) is 4.57 Å². The molecular formula is C11H23O4P. The van der Waals surface area contributed by atoms with Gasteiger partial charge in [-0.1, -0.05) is 19.8 Å². The van der Waals surface area contributed by atoms with E-state index in [9.17, 15) is 4.57 Å². The number of rotatable bonds is 6. The topological polar surface area (TPSA) is 44.8 Å². The molecule has 0 aromatic rings. The Kier molecular flexibility index (Phi) is 5.98. The molecule has 1 saturated carbocycles. The summed E-state index contributed by atoms with van der Waals surface area (Å²) in [5.41, 5.74) is 0. The quantitative estimate of drug-likeness (QED) is 0.673. The third-order valence-corrected chi connectivity index (χ3v) is 4.45. The molecule has 1 aliphatic carbocycles. The molecule has 1 rings (SSSR count). The van der Waals surface area contributed by atoms with E-state index in [0.717, 1.165) is 19.3 Å². The van der Waals surface area contributed by atoms with Gasteiger partial charge in [-0.3, -0.25) is 13.6 Å². The minimum Gasteiger partial charge on any atom is -0.287 e. The highest BCUT2D eigenvalue weighted by Gasteiger charge is 2.32. The highest BCUT2D eigenvalue weighted by atomic mass is 31.2. The van der Waals surface area contributed by atoms with Crippen LogP contribution in [0.15, 0.2) is 0 Å². The van der Waals surface area contributed by atoms with Crippen LogP contribution < -0.4 is 0 Å². The summed E-state index contributed by atoms with van der Waals surface area (Å²) in [6.45, 7) is 6.47. The average molecular weight is 250 g/mol. The summed E-state index contributed by atoms with van der Waals surface area (Å²) in [6, 6.07) is 0. The molecular weight excluding hydrogens is 227 g/mol. The van der Waals surface area contributed by atoms with Gasteiger partial charge < -0.3 is 0 Å². The predicted octanol–water partition coefficient (Wildman–Crippen LogP) is 3.76. The zero-order valence-electron chi connectivity index (χ0n) is 10.5. The molecule has 96 valence electrons. The fourth-order valence-corrected chi connectivity index (χ4v) is 3.46. The Labute approximate surface area is 98.3 Å². The number of hydrogen-bond acceptors (Lipinski definition) is 4. The van der Waals surface area contributed by atoms with E-state index in [-0.39, 0.29) is 6.10 Å². The van der Waals surface area contributed by atoms with Crippen molar-refractivity contribution >= 4 is 7.82 Å². The molecule has 5 heteroatoms. The lowest BCUT2D eigenvalue weighted by molar-refractivity contribution is 0.0559. The Morgan fingerprint density at radius 3 is 2.31 bits per heavy atom. The van der Waals surface area contributed by atoms with Gasteiger partial charge in [0.25, 0.3) is 0 Å². The first-order valence-corrected chi connectivity index (χ1v) is 7.63. The summed E-state index contributed by atoms with van der Waals surface area (Å²) in [5, 5.41) is 0. The van der Waals surface area contributed by atoms with Gasteiger partial charge in [0.15, 0.2) is 0 Å². The molecule has 0 aromatic heterocycles. The van der Waals surface area contributed by atoms with E-state index in [1.165, 1.54) is 6.42 Å². The van der Waals surface area contributed by atoms with Crippen molar-refractivity contribution < 1.29 is 18.1 Å². The molecule has 4 nitrogen and oxygen atoms in total. The Morgan fingerprint density at radius 2 is 1.81 bits per heavy atom. The summed E-state index contributed by atoms with van der Waals surface area (Å²) in [4.78, 5) is 0. The van der Waals surface area contributed by atoms with E-state index >= 15 is 0 Å². The van der Waals surface area contributed by atoms with Crippen LogP contribution in [0.3, 0.4) is 0 Å². The highest BCUT2D eigenvalue weighted by Crippen LogP contribution is 2.52. The van der Waals surface area contributed by atoms with E-state index in [4.69, 9.17) is 13.6 Å². The molecule has 2 unspecified atom stereocenters. The lowest BCUT2D eigenvalue weighted by Gasteiger charge is -2.29. The van der Waals surface area contributed by atoms with Crippen molar-refractivity contribution in [2.75, 3.05) is 13.2 Å². The third-order valence-electron chi connectivity index (χ3n) is 2.74. The van der Waals surface area contributed by atoms with Crippen molar-refractivity contribution in [1.29, 1.82) is 0 Å². The maximum absolute atomic E-state index is 12.1. The molecule has 0 radical (unpaired) electrons. The smallest absolute Gasteiger partial charge is 0.287 e. The number of hydrogen-bond donors (Lipinski definition) is 0. The Bertz CT molecular complexity index is 234. The van der Waals surface area contributed by atoms with Crippen LogP contribution in [0, 0.1) is 5.92 Å². The summed E-state index contributed by atoms with van der Waals surface area (Å²) in [6.07, 6.45) is 4.28. The fraction of sp³-hybridized carbons (Fsp3) is 1.00. The zero-order valence-corrected chi connectivity index (χ0v) is 11.4. The van der Waals surface area contributed by atoms with Crippen LogP contribution in [0.4, 0.5) is 0 Å². The Hall–Kier alpha value is 0.110. The van der Waals surface area contributed by atoms with Gasteiger partial charge in [0.05, 0.1) is 19.3 Å². The summed E-state index contributed by atoms with van der Waals surface area (Å²) in [7, 11) is -3.31. The largest absolute Gasteiger partial charge is 0.475 e. The van der Waals surface area contributed by atoms with Crippen LogP contribution in [0.25, 0.3) is 0 Å². The minimum absolute atomic E-state index is 0.0210. The van der Waals surface area contributed by atoms with Crippen LogP contribution in [0.2, 0.25) is 0 Å². The first-order valence-electron chi connectivity index (χ1n) is 6.17. The molecule has 16 heavy (non-hydrogen) atoms. The fourth-order valence-electron chi connectivity index (χ4n) is 2.07. The van der Waals surface area contributed by atoms with Gasteiger partial charge in [-0.2, -0.15) is 0 Å². The van der Waals surface area contributed by atoms with Gasteiger partial charge in [-0.15, -0.1) is 0 Å². The monoisotopic (exact) mass is 250 g/mol. The second-order valence-corrected chi connectivity index (χ2v) is 5.90. The first-order chi connectivity index (χ1) is 7.59. The maximum atomic E-state index is 12.1. The first kappa shape index (κ1) is 14.2. The van der Waals surface area contributed by atoms with Crippen LogP contribution in [-0.2, 0) is 18.1 Å². The van der Waals surface area contributed by atoms with Gasteiger partial charge in [0.1, 0.15) is 0 Å². The lowest BCUT2D eigenvalue weighted by Crippen LogP contribution is -2.21. The Balaban J connectivity index is 2.50. The molecule has 0 spiro atoms. The van der Waals surface area contributed by atoms with Crippen molar-refractivity contribution in [3.05, 3.63) is 0 Å². The van der Waals surface area contributed by atoms with E-state index in [2.05, 4.69) is 6.92 Å². The SMILES string of the molecule is CCOP(=O)(OCC)OC1CCCC(C)C1. The second-order valence-electron chi connectivity index (χ2n) is 4.28. The summed E-state index contributed by atoms with van der Waals surface area (Å²) in [5.74, 6) is 0.635. The maximum Gasteiger partial charge on any atom is 0.475 e. The van der Waals surface area contributed by atoms with Crippen LogP contribution in [0.5, 0.6) is 0 Å². The second kappa shape index (κ2) is 6.75. The van der Waals surface area contributed by atoms with Gasteiger partial charge >= 0.3 is 7.82 Å². The molecule has 2 atom stereocenters. The van der Waals surface area contributed by atoms with Crippen molar-refractivity contribution in [3.63, 3.8) is 0 Å². The third kappa shape index (κ3) is 4.54. The normalized spacial score (nSPS) is 26.9. The molecule has 0 aliphatic heterocycles. The standard InChI is InChI=1S/C11H23O4P/c1-4-13-16(12,14-5-2)15-11-8-6-7-10(3)9-11/h10-11H,4-9H2,1-3H3. The van der Waals surface area contributed by atoms with Crippen molar-refractivity contribution in [3.8, 4) is 0 Å². The molecule has 0 bridgehead atoms. The highest BCUT2D eigenvalue weighted by molar-refractivity contribution is 7.48. The van der Waals surface area contributed by atoms with E-state index in [1.807, 2.05) is 0 Å². The van der Waals surface area contributed by atoms with Crippen molar-refractivity contribution in [2.24, 2.45) is 5.92 Å². The summed E-state index contributed by atoms with van der Waals surface area (Å²) >= 11 is 0. The molecule has 0 N–H and O–H groups in total. The zero-order chi connectivity index (χ0) is 12.0. The Morgan fingerprint density at radius 1 is 1.19 bits per heavy atom. The molecule has 0 saturated heterocycles. The molecule has 1 fully saturated rings.